The molecule has 3 amide bonds. The van der Waals surface area contributed by atoms with Gasteiger partial charge in [0.2, 0.25) is 17.7 Å². The number of thioether (sulfide) groups is 1. The summed E-state index contributed by atoms with van der Waals surface area (Å²) in [4.78, 5) is 40.7. The Labute approximate surface area is 318 Å². The lowest BCUT2D eigenvalue weighted by molar-refractivity contribution is -0.134. The van der Waals surface area contributed by atoms with Crippen molar-refractivity contribution in [2.75, 3.05) is 18.6 Å². The van der Waals surface area contributed by atoms with Gasteiger partial charge < -0.3 is 46.1 Å². The molecule has 13 nitrogen and oxygen atoms in total. The van der Waals surface area contributed by atoms with Crippen LogP contribution in [0.1, 0.15) is 51.3 Å². The molecule has 270 valence electrons. The van der Waals surface area contributed by atoms with Crippen LogP contribution in [-0.4, -0.2) is 91.4 Å². The lowest BCUT2D eigenvalue weighted by Crippen LogP contribution is -2.64. The smallest absolute Gasteiger partial charge is 0.248 e. The van der Waals surface area contributed by atoms with Gasteiger partial charge in [-0.3, -0.25) is 19.3 Å². The van der Waals surface area contributed by atoms with Gasteiger partial charge in [0, 0.05) is 28.8 Å². The normalized spacial score (nSPS) is 17.4. The highest BCUT2D eigenvalue weighted by atomic mass is 32.2. The van der Waals surface area contributed by atoms with Crippen LogP contribution in [0.2, 0.25) is 0 Å². The topological polar surface area (TPSA) is 212 Å². The molecule has 0 aliphatic carbocycles. The Kier molecular flexibility index (Phi) is 11.5. The summed E-state index contributed by atoms with van der Waals surface area (Å²) in [5, 5.41) is 55.2. The van der Waals surface area contributed by atoms with E-state index in [2.05, 4.69) is 17.2 Å². The number of ether oxygens (including phenoxy) is 2. The Morgan fingerprint density at radius 3 is 2.31 bits per heavy atom. The summed E-state index contributed by atoms with van der Waals surface area (Å²) >= 11 is 0.775. The van der Waals surface area contributed by atoms with E-state index in [4.69, 9.17) is 38.7 Å². The van der Waals surface area contributed by atoms with Gasteiger partial charge in [-0.2, -0.15) is 0 Å². The fourth-order valence-corrected chi connectivity index (χ4v) is 7.16. The van der Waals surface area contributed by atoms with E-state index in [1.807, 2.05) is 0 Å². The van der Waals surface area contributed by atoms with Crippen LogP contribution >= 0.6 is 11.8 Å². The molecule has 17 heteroatoms. The van der Waals surface area contributed by atoms with Crippen LogP contribution in [0.4, 0.5) is 5.69 Å². The van der Waals surface area contributed by atoms with E-state index in [1.165, 1.54) is 49.6 Å². The first kappa shape index (κ1) is 39.5. The van der Waals surface area contributed by atoms with Gasteiger partial charge in [0.1, 0.15) is 45.8 Å². The second kappa shape index (κ2) is 15.7. The minimum absolute atomic E-state index is 0.0149. The Morgan fingerprint density at radius 1 is 0.963 bits per heavy atom. The maximum atomic E-state index is 14.1. The Hall–Kier alpha value is -5.69. The van der Waals surface area contributed by atoms with Crippen molar-refractivity contribution in [1.82, 2.24) is 5.32 Å². The van der Waals surface area contributed by atoms with Crippen LogP contribution in [-0.2, 0) is 15.1 Å². The molecular formula is C37H32B3N3O10S. The minimum Gasteiger partial charge on any atom is -0.507 e. The molecule has 5 rings (SSSR count). The zero-order valence-corrected chi connectivity index (χ0v) is 29.8. The SMILES string of the molecule is [B]c1c(O)c(C#Cc2ccccc2)c(O)c(O)c1[C@@H]1S[C@H](CC(=O)NC([B])(O)C([B])(O)c2ccc(OC)c(OCC)c2)C(=O)N1c1cccc(C(N)=O)c1. The van der Waals surface area contributed by atoms with Crippen molar-refractivity contribution in [3.63, 3.8) is 0 Å². The minimum atomic E-state index is -3.01. The number of rotatable bonds is 11. The third-order valence-electron chi connectivity index (χ3n) is 8.49. The van der Waals surface area contributed by atoms with Crippen LogP contribution in [0.5, 0.6) is 28.7 Å². The number of anilines is 1. The third-order valence-corrected chi connectivity index (χ3v) is 9.89. The lowest BCUT2D eigenvalue weighted by atomic mass is 9.60. The quantitative estimate of drug-likeness (QED) is 0.0379. The van der Waals surface area contributed by atoms with Gasteiger partial charge in [-0.15, -0.1) is 11.8 Å². The zero-order valence-electron chi connectivity index (χ0n) is 28.9. The second-order valence-corrected chi connectivity index (χ2v) is 13.3. The molecule has 54 heavy (non-hydrogen) atoms. The number of methoxy groups -OCH3 is 1. The van der Waals surface area contributed by atoms with Crippen LogP contribution in [0.15, 0.2) is 72.8 Å². The van der Waals surface area contributed by atoms with E-state index in [0.717, 1.165) is 16.7 Å². The molecular weight excluding hydrogens is 711 g/mol. The van der Waals surface area contributed by atoms with Gasteiger partial charge >= 0.3 is 0 Å². The summed E-state index contributed by atoms with van der Waals surface area (Å²) in [6.45, 7) is 1.93. The molecule has 8 N–H and O–H groups in total. The lowest BCUT2D eigenvalue weighted by Gasteiger charge is -2.41. The van der Waals surface area contributed by atoms with Gasteiger partial charge in [-0.25, -0.2) is 0 Å². The number of primary amides is 1. The number of aromatic hydroxyl groups is 3. The largest absolute Gasteiger partial charge is 0.507 e. The summed E-state index contributed by atoms with van der Waals surface area (Å²) < 4.78 is 10.7. The number of hydrogen-bond donors (Lipinski definition) is 7. The highest BCUT2D eigenvalue weighted by molar-refractivity contribution is 8.01. The summed E-state index contributed by atoms with van der Waals surface area (Å²) in [7, 11) is 19.8. The number of benzene rings is 4. The van der Waals surface area contributed by atoms with E-state index in [1.54, 1.807) is 37.3 Å². The Balaban J connectivity index is 1.49. The maximum absolute atomic E-state index is 14.1. The molecule has 0 bridgehead atoms. The van der Waals surface area contributed by atoms with Crippen LogP contribution in [0.25, 0.3) is 0 Å². The number of hydrogen-bond acceptors (Lipinski definition) is 11. The average Bonchev–Trinajstić information content (AvgIpc) is 3.45. The van der Waals surface area contributed by atoms with E-state index >= 15 is 0 Å². The number of phenolic OH excluding ortho intramolecular Hbond substituents is 3. The number of phenols is 3. The predicted molar refractivity (Wildman–Crippen MR) is 203 cm³/mol. The summed E-state index contributed by atoms with van der Waals surface area (Å²) in [6.07, 6.45) is -0.687. The molecule has 0 aromatic heterocycles. The van der Waals surface area contributed by atoms with E-state index in [9.17, 15) is 39.9 Å². The van der Waals surface area contributed by atoms with Crippen LogP contribution in [0.3, 0.4) is 0 Å². The summed E-state index contributed by atoms with van der Waals surface area (Å²) in [5.74, 6) is 0.868. The number of nitrogens with two attached hydrogens (primary N) is 1. The van der Waals surface area contributed by atoms with Crippen molar-refractivity contribution < 1.29 is 49.4 Å². The molecule has 0 saturated carbocycles. The molecule has 1 heterocycles. The van der Waals surface area contributed by atoms with Crippen LogP contribution < -0.4 is 30.9 Å². The molecule has 1 fully saturated rings. The molecule has 4 atom stereocenters. The first-order valence-corrected chi connectivity index (χ1v) is 17.1. The molecule has 1 saturated heterocycles. The fraction of sp³-hybridized carbons (Fsp3) is 0.216. The molecule has 0 spiro atoms. The summed E-state index contributed by atoms with van der Waals surface area (Å²) in [5.41, 5.74) is -0.995. The number of carbonyl (C=O) groups is 3. The maximum Gasteiger partial charge on any atom is 0.248 e. The van der Waals surface area contributed by atoms with Crippen molar-refractivity contribution in [1.29, 1.82) is 0 Å². The number of nitrogens with zero attached hydrogens (tertiary/aromatic N) is 1. The number of nitrogens with one attached hydrogen (secondary N) is 1. The van der Waals surface area contributed by atoms with Gasteiger partial charge in [-0.05, 0) is 60.4 Å². The number of carbonyl (C=O) groups excluding carboxylic acids is 3. The second-order valence-electron chi connectivity index (χ2n) is 12.0. The highest BCUT2D eigenvalue weighted by Gasteiger charge is 2.47. The molecule has 2 unspecified atom stereocenters. The van der Waals surface area contributed by atoms with Crippen molar-refractivity contribution in [2.45, 2.75) is 35.1 Å². The number of amides is 3. The molecule has 1 aliphatic rings. The van der Waals surface area contributed by atoms with Gasteiger partial charge in [0.05, 0.1) is 24.5 Å². The van der Waals surface area contributed by atoms with Crippen LogP contribution in [0, 0.1) is 11.8 Å². The molecule has 6 radical (unpaired) electrons. The van der Waals surface area contributed by atoms with E-state index < -0.39 is 68.6 Å². The first-order valence-electron chi connectivity index (χ1n) is 16.2. The summed E-state index contributed by atoms with van der Waals surface area (Å²) in [6, 6.07) is 18.2. The molecule has 4 aromatic carbocycles. The average molecular weight is 743 g/mol. The van der Waals surface area contributed by atoms with Crippen molar-refractivity contribution in [3.8, 4) is 40.6 Å². The number of aliphatic hydroxyl groups is 2. The van der Waals surface area contributed by atoms with E-state index in [0.29, 0.717) is 11.3 Å². The van der Waals surface area contributed by atoms with Crippen molar-refractivity contribution >= 4 is 64.2 Å². The Bertz CT molecular complexity index is 2150. The van der Waals surface area contributed by atoms with Gasteiger partial charge in [0.25, 0.3) is 0 Å². The zero-order chi connectivity index (χ0) is 39.5. The Morgan fingerprint density at radius 2 is 1.67 bits per heavy atom. The molecule has 4 aromatic rings. The monoisotopic (exact) mass is 743 g/mol. The third kappa shape index (κ3) is 7.68. The standard InChI is InChI=1S/C37H32B3N3O10S/c1-3-53-25-17-21(13-15-24(25)52-2)36(39,50)37(40,51)42-27(44)18-26-34(49)43(22-11-7-10-20(16-22)33(41)48)35(54-26)28-29(38)30(45)23(31(46)32(28)47)14-12-19-8-5-4-6-9-19/h4-11,13,15-17,26,35,45-47,50-51H,3,18H2,1-2H3,(H2,41,48)(H,42,44)/t26-,35+,36?,37?/m1/s1. The van der Waals surface area contributed by atoms with Crippen molar-refractivity contribution in [3.05, 3.63) is 101 Å². The van der Waals surface area contributed by atoms with Gasteiger partial charge in [0.15, 0.2) is 23.0 Å². The highest BCUT2D eigenvalue weighted by Crippen LogP contribution is 2.51. The first-order chi connectivity index (χ1) is 25.5. The van der Waals surface area contributed by atoms with E-state index in [-0.39, 0.29) is 40.3 Å². The fourth-order valence-electron chi connectivity index (χ4n) is 5.65. The van der Waals surface area contributed by atoms with Crippen molar-refractivity contribution in [2.24, 2.45) is 5.73 Å². The molecule has 1 aliphatic heterocycles. The van der Waals surface area contributed by atoms with Gasteiger partial charge in [-0.1, -0.05) is 42.2 Å². The predicted octanol–water partition coefficient (Wildman–Crippen LogP) is 0.985.